The molecule has 0 unspecified atom stereocenters. The number of fused-ring (bicyclic) bond motifs is 1. The van der Waals surface area contributed by atoms with Crippen LogP contribution in [0.2, 0.25) is 0 Å². The quantitative estimate of drug-likeness (QED) is 0.749. The van der Waals surface area contributed by atoms with E-state index in [-0.39, 0.29) is 6.42 Å². The van der Waals surface area contributed by atoms with Crippen LogP contribution in [-0.4, -0.2) is 17.6 Å². The summed E-state index contributed by atoms with van der Waals surface area (Å²) < 4.78 is 0. The fourth-order valence-electron chi connectivity index (χ4n) is 1.57. The summed E-state index contributed by atoms with van der Waals surface area (Å²) in [4.78, 5) is 33.1. The van der Waals surface area contributed by atoms with Crippen molar-refractivity contribution in [3.8, 4) is 0 Å². The molecule has 1 aliphatic heterocycles. The summed E-state index contributed by atoms with van der Waals surface area (Å²) in [6.07, 6.45) is 3.43. The highest BCUT2D eigenvalue weighted by atomic mass is 16.2. The van der Waals surface area contributed by atoms with Crippen LogP contribution in [0.1, 0.15) is 22.3 Å². The highest BCUT2D eigenvalue weighted by Gasteiger charge is 2.27. The van der Waals surface area contributed by atoms with E-state index < -0.39 is 17.6 Å². The molecule has 86 valence electrons. The summed E-state index contributed by atoms with van der Waals surface area (Å²) in [6.45, 7) is 0. The predicted molar refractivity (Wildman–Crippen MR) is 62.2 cm³/mol. The van der Waals surface area contributed by atoms with Crippen molar-refractivity contribution in [1.82, 2.24) is 0 Å². The predicted octanol–water partition coefficient (Wildman–Crippen LogP) is 0.710. The Bertz CT molecular complexity index is 547. The highest BCUT2D eigenvalue weighted by Crippen LogP contribution is 2.24. The molecule has 0 radical (unpaired) electrons. The molecule has 1 aliphatic rings. The lowest BCUT2D eigenvalue weighted by atomic mass is 10.1. The van der Waals surface area contributed by atoms with Crippen molar-refractivity contribution < 1.29 is 14.4 Å². The Morgan fingerprint density at radius 2 is 2.12 bits per heavy atom. The molecule has 17 heavy (non-hydrogen) atoms. The van der Waals surface area contributed by atoms with E-state index in [1.54, 1.807) is 30.4 Å². The Kier molecular flexibility index (Phi) is 2.74. The summed E-state index contributed by atoms with van der Waals surface area (Å²) in [5.41, 5.74) is 6.61. The Balaban J connectivity index is 2.23. The van der Waals surface area contributed by atoms with Gasteiger partial charge in [0, 0.05) is 6.42 Å². The normalized spacial score (nSPS) is 13.9. The van der Waals surface area contributed by atoms with Gasteiger partial charge in [-0.15, -0.1) is 0 Å². The molecule has 2 amide bonds. The maximum Gasteiger partial charge on any atom is 0.296 e. The van der Waals surface area contributed by atoms with Crippen molar-refractivity contribution in [3.63, 3.8) is 0 Å². The molecule has 0 saturated heterocycles. The van der Waals surface area contributed by atoms with E-state index in [0.717, 1.165) is 5.56 Å². The van der Waals surface area contributed by atoms with Crippen molar-refractivity contribution in [1.29, 1.82) is 0 Å². The number of benzene rings is 1. The number of nitrogens with one attached hydrogen (secondary N) is 1. The van der Waals surface area contributed by atoms with Crippen LogP contribution in [0, 0.1) is 0 Å². The molecular formula is C12H10N2O3. The number of hydrogen-bond acceptors (Lipinski definition) is 3. The maximum atomic E-state index is 11.4. The van der Waals surface area contributed by atoms with E-state index in [1.165, 1.54) is 0 Å². The number of ketones is 1. The minimum Gasteiger partial charge on any atom is -0.369 e. The van der Waals surface area contributed by atoms with Crippen LogP contribution in [0.4, 0.5) is 5.69 Å². The largest absolute Gasteiger partial charge is 0.369 e. The first-order valence-corrected chi connectivity index (χ1v) is 5.02. The fourth-order valence-corrected chi connectivity index (χ4v) is 1.57. The molecule has 1 heterocycles. The molecule has 0 atom stereocenters. The van der Waals surface area contributed by atoms with Gasteiger partial charge >= 0.3 is 0 Å². The lowest BCUT2D eigenvalue weighted by molar-refractivity contribution is -0.117. The van der Waals surface area contributed by atoms with Gasteiger partial charge in [-0.3, -0.25) is 14.4 Å². The molecule has 0 saturated carbocycles. The van der Waals surface area contributed by atoms with E-state index in [1.807, 2.05) is 0 Å². The summed E-state index contributed by atoms with van der Waals surface area (Å²) in [5.74, 6) is -1.57. The zero-order chi connectivity index (χ0) is 12.4. The minimum absolute atomic E-state index is 0.141. The third-order valence-corrected chi connectivity index (χ3v) is 2.37. The van der Waals surface area contributed by atoms with Crippen molar-refractivity contribution >= 4 is 29.4 Å². The second kappa shape index (κ2) is 4.21. The molecule has 1 aromatic carbocycles. The van der Waals surface area contributed by atoms with Crippen molar-refractivity contribution in [2.45, 2.75) is 6.42 Å². The van der Waals surface area contributed by atoms with Crippen molar-refractivity contribution in [3.05, 3.63) is 35.4 Å². The van der Waals surface area contributed by atoms with Crippen molar-refractivity contribution in [2.24, 2.45) is 5.73 Å². The van der Waals surface area contributed by atoms with Crippen LogP contribution in [0.25, 0.3) is 6.08 Å². The number of amides is 2. The van der Waals surface area contributed by atoms with E-state index in [0.29, 0.717) is 11.3 Å². The molecule has 0 spiro atoms. The zero-order valence-corrected chi connectivity index (χ0v) is 8.90. The first-order valence-electron chi connectivity index (χ1n) is 5.02. The molecular weight excluding hydrogens is 220 g/mol. The van der Waals surface area contributed by atoms with Gasteiger partial charge in [-0.25, -0.2) is 0 Å². The molecule has 1 aromatic rings. The third kappa shape index (κ3) is 2.23. The summed E-state index contributed by atoms with van der Waals surface area (Å²) in [7, 11) is 0. The standard InChI is InChI=1S/C12H10N2O3/c13-10(15)3-1-2-7-4-5-9-8(6-7)11(16)12(17)14-9/h1-2,4-6H,3H2,(H2,13,15)(H,14,16,17). The highest BCUT2D eigenvalue weighted by molar-refractivity contribution is 6.51. The van der Waals surface area contributed by atoms with Crippen LogP contribution in [0.5, 0.6) is 0 Å². The topological polar surface area (TPSA) is 89.3 Å². The van der Waals surface area contributed by atoms with Crippen LogP contribution in [-0.2, 0) is 9.59 Å². The van der Waals surface area contributed by atoms with Gasteiger partial charge in [0.2, 0.25) is 5.91 Å². The Hall–Kier alpha value is -2.43. The van der Waals surface area contributed by atoms with Crippen LogP contribution >= 0.6 is 0 Å². The Morgan fingerprint density at radius 1 is 1.35 bits per heavy atom. The molecule has 5 nitrogen and oxygen atoms in total. The molecule has 0 bridgehead atoms. The average molecular weight is 230 g/mol. The van der Waals surface area contributed by atoms with E-state index >= 15 is 0 Å². The van der Waals surface area contributed by atoms with Gasteiger partial charge in [-0.2, -0.15) is 0 Å². The Labute approximate surface area is 97.3 Å². The van der Waals surface area contributed by atoms with Gasteiger partial charge < -0.3 is 11.1 Å². The van der Waals surface area contributed by atoms with Gasteiger partial charge in [0.15, 0.2) is 0 Å². The first kappa shape index (κ1) is 11.1. The number of carbonyl (C=O) groups is 3. The number of primary amides is 1. The van der Waals surface area contributed by atoms with Gasteiger partial charge in [0.25, 0.3) is 11.7 Å². The number of carbonyl (C=O) groups excluding carboxylic acids is 3. The van der Waals surface area contributed by atoms with Gasteiger partial charge in [0.1, 0.15) is 0 Å². The Morgan fingerprint density at radius 3 is 2.82 bits per heavy atom. The van der Waals surface area contributed by atoms with E-state index in [2.05, 4.69) is 5.32 Å². The summed E-state index contributed by atoms with van der Waals surface area (Å²) >= 11 is 0. The van der Waals surface area contributed by atoms with Crippen LogP contribution in [0.15, 0.2) is 24.3 Å². The second-order valence-corrected chi connectivity index (χ2v) is 3.66. The zero-order valence-electron chi connectivity index (χ0n) is 8.90. The average Bonchev–Trinajstić information content (AvgIpc) is 2.55. The monoisotopic (exact) mass is 230 g/mol. The summed E-state index contributed by atoms with van der Waals surface area (Å²) in [5, 5.41) is 2.46. The SMILES string of the molecule is NC(=O)CC=Cc1ccc2c(c1)C(=O)C(=O)N2. The lowest BCUT2D eigenvalue weighted by Gasteiger charge is -1.98. The molecule has 0 aliphatic carbocycles. The molecule has 0 fully saturated rings. The first-order chi connectivity index (χ1) is 8.08. The second-order valence-electron chi connectivity index (χ2n) is 3.66. The fraction of sp³-hybridized carbons (Fsp3) is 0.0833. The molecule has 5 heteroatoms. The maximum absolute atomic E-state index is 11.4. The lowest BCUT2D eigenvalue weighted by Crippen LogP contribution is -2.12. The van der Waals surface area contributed by atoms with Gasteiger partial charge in [0.05, 0.1) is 11.3 Å². The minimum atomic E-state index is -0.613. The molecule has 0 aromatic heterocycles. The number of nitrogens with two attached hydrogens (primary N) is 1. The van der Waals surface area contributed by atoms with Gasteiger partial charge in [-0.05, 0) is 17.7 Å². The number of anilines is 1. The summed E-state index contributed by atoms with van der Waals surface area (Å²) in [6, 6.07) is 5.00. The molecule has 3 N–H and O–H groups in total. The smallest absolute Gasteiger partial charge is 0.296 e. The van der Waals surface area contributed by atoms with Crippen molar-refractivity contribution in [2.75, 3.05) is 5.32 Å². The van der Waals surface area contributed by atoms with E-state index in [9.17, 15) is 14.4 Å². The third-order valence-electron chi connectivity index (χ3n) is 2.37. The van der Waals surface area contributed by atoms with E-state index in [4.69, 9.17) is 5.73 Å². The van der Waals surface area contributed by atoms with Gasteiger partial charge in [-0.1, -0.05) is 18.2 Å². The van der Waals surface area contributed by atoms with Crippen LogP contribution in [0.3, 0.4) is 0 Å². The molecule has 2 rings (SSSR count). The van der Waals surface area contributed by atoms with Crippen LogP contribution < -0.4 is 11.1 Å². The number of Topliss-reactive ketones (excluding diaryl/α,β-unsaturated/α-hetero) is 1. The number of rotatable bonds is 3. The number of hydrogen-bond donors (Lipinski definition) is 2.